The average molecular weight is 294 g/mol. The number of allylic oxidation sites excluding steroid dienone is 1. The van der Waals surface area contributed by atoms with Crippen LogP contribution in [-0.4, -0.2) is 30.6 Å². The van der Waals surface area contributed by atoms with E-state index in [1.54, 1.807) is 11.3 Å². The highest BCUT2D eigenvalue weighted by Gasteiger charge is 2.03. The number of hydrogen-bond acceptors (Lipinski definition) is 3. The molecule has 0 saturated carbocycles. The smallest absolute Gasteiger partial charge is 0.191 e. The lowest BCUT2D eigenvalue weighted by Crippen LogP contribution is -2.38. The number of aryl methyl sites for hydroxylation is 2. The second kappa shape index (κ2) is 9.53. The molecule has 1 aromatic heterocycles. The molecule has 1 heterocycles. The van der Waals surface area contributed by atoms with Crippen LogP contribution in [0.5, 0.6) is 0 Å². The minimum atomic E-state index is 0.815. The summed E-state index contributed by atoms with van der Waals surface area (Å²) in [7, 11) is 0. The van der Waals surface area contributed by atoms with E-state index in [9.17, 15) is 0 Å². The van der Waals surface area contributed by atoms with Gasteiger partial charge >= 0.3 is 0 Å². The molecule has 0 amide bonds. The molecule has 0 aliphatic carbocycles. The van der Waals surface area contributed by atoms with Gasteiger partial charge in [-0.25, -0.2) is 4.98 Å². The number of nitrogens with one attached hydrogen (secondary N) is 2. The summed E-state index contributed by atoms with van der Waals surface area (Å²) in [5, 5.41) is 7.81. The second-order valence-corrected chi connectivity index (χ2v) is 5.83. The molecule has 5 heteroatoms. The molecule has 20 heavy (non-hydrogen) atoms. The normalized spacial score (nSPS) is 12.1. The van der Waals surface area contributed by atoms with Gasteiger partial charge in [0, 0.05) is 30.9 Å². The molecule has 0 bridgehead atoms. The minimum absolute atomic E-state index is 0.815. The lowest BCUT2D eigenvalue weighted by atomic mass is 10.4. The van der Waals surface area contributed by atoms with Gasteiger partial charge in [0.25, 0.3) is 0 Å². The third kappa shape index (κ3) is 6.19. The Morgan fingerprint density at radius 1 is 1.35 bits per heavy atom. The molecule has 0 atom stereocenters. The van der Waals surface area contributed by atoms with Gasteiger partial charge in [-0.2, -0.15) is 0 Å². The first-order valence-electron chi connectivity index (χ1n) is 7.23. The quantitative estimate of drug-likeness (QED) is 0.352. The molecule has 1 rings (SSSR count). The van der Waals surface area contributed by atoms with Crippen molar-refractivity contribution < 1.29 is 0 Å². The zero-order chi connectivity index (χ0) is 14.8. The van der Waals surface area contributed by atoms with Crippen molar-refractivity contribution in [1.29, 1.82) is 0 Å². The highest BCUT2D eigenvalue weighted by atomic mass is 32.1. The first-order chi connectivity index (χ1) is 9.67. The standard InChI is InChI=1S/C15H26N4S/c1-5-7-8-10-17-15(16-6-2)18-11-9-14-19-12(3)13(4)20-14/h5,7H,6,8-11H2,1-4H3,(H2,16,17,18)/b7-5+. The summed E-state index contributed by atoms with van der Waals surface area (Å²) < 4.78 is 0. The highest BCUT2D eigenvalue weighted by molar-refractivity contribution is 7.11. The highest BCUT2D eigenvalue weighted by Crippen LogP contribution is 2.16. The number of hydrogen-bond donors (Lipinski definition) is 2. The zero-order valence-electron chi connectivity index (χ0n) is 13.0. The molecular formula is C15H26N4S. The van der Waals surface area contributed by atoms with Crippen molar-refractivity contribution in [3.05, 3.63) is 27.7 Å². The van der Waals surface area contributed by atoms with Gasteiger partial charge in [-0.1, -0.05) is 12.2 Å². The van der Waals surface area contributed by atoms with Crippen molar-refractivity contribution in [1.82, 2.24) is 15.6 Å². The van der Waals surface area contributed by atoms with Gasteiger partial charge in [-0.05, 0) is 34.1 Å². The second-order valence-electron chi connectivity index (χ2n) is 4.54. The fourth-order valence-corrected chi connectivity index (χ4v) is 2.63. The Morgan fingerprint density at radius 3 is 2.75 bits per heavy atom. The first-order valence-corrected chi connectivity index (χ1v) is 8.05. The van der Waals surface area contributed by atoms with E-state index in [-0.39, 0.29) is 0 Å². The average Bonchev–Trinajstić information content (AvgIpc) is 2.73. The van der Waals surface area contributed by atoms with E-state index in [1.807, 2.05) is 6.92 Å². The minimum Gasteiger partial charge on any atom is -0.357 e. The van der Waals surface area contributed by atoms with Crippen molar-refractivity contribution >= 4 is 17.3 Å². The van der Waals surface area contributed by atoms with Gasteiger partial charge in [0.2, 0.25) is 0 Å². The van der Waals surface area contributed by atoms with E-state index in [2.05, 4.69) is 53.5 Å². The molecule has 2 N–H and O–H groups in total. The molecule has 0 spiro atoms. The molecule has 1 aromatic rings. The summed E-state index contributed by atoms with van der Waals surface area (Å²) in [6.45, 7) is 10.9. The van der Waals surface area contributed by atoms with Crippen molar-refractivity contribution in [3.63, 3.8) is 0 Å². The molecule has 0 aliphatic rings. The lowest BCUT2D eigenvalue weighted by Gasteiger charge is -2.10. The van der Waals surface area contributed by atoms with Crippen LogP contribution >= 0.6 is 11.3 Å². The van der Waals surface area contributed by atoms with Gasteiger partial charge in [-0.3, -0.25) is 4.99 Å². The van der Waals surface area contributed by atoms with Crippen LogP contribution < -0.4 is 10.6 Å². The Morgan fingerprint density at radius 2 is 2.15 bits per heavy atom. The SMILES string of the molecule is C/C=C/CCN=C(NCC)NCCc1nc(C)c(C)s1. The van der Waals surface area contributed by atoms with E-state index in [1.165, 1.54) is 9.88 Å². The van der Waals surface area contributed by atoms with Crippen LogP contribution in [0.1, 0.15) is 35.8 Å². The summed E-state index contributed by atoms with van der Waals surface area (Å²) in [5.41, 5.74) is 1.15. The van der Waals surface area contributed by atoms with Crippen LogP contribution in [0, 0.1) is 13.8 Å². The first kappa shape index (κ1) is 16.7. The number of guanidine groups is 1. The Hall–Kier alpha value is -1.36. The summed E-state index contributed by atoms with van der Waals surface area (Å²) in [5.74, 6) is 0.891. The van der Waals surface area contributed by atoms with Crippen molar-refractivity contribution in [3.8, 4) is 0 Å². The van der Waals surface area contributed by atoms with E-state index < -0.39 is 0 Å². The van der Waals surface area contributed by atoms with Crippen molar-refractivity contribution in [2.75, 3.05) is 19.6 Å². The molecule has 0 aliphatic heterocycles. The zero-order valence-corrected chi connectivity index (χ0v) is 13.8. The lowest BCUT2D eigenvalue weighted by molar-refractivity contribution is 0.794. The van der Waals surface area contributed by atoms with Crippen LogP contribution in [0.3, 0.4) is 0 Å². The summed E-state index contributed by atoms with van der Waals surface area (Å²) in [6, 6.07) is 0. The number of nitrogens with zero attached hydrogens (tertiary/aromatic N) is 2. The Balaban J connectivity index is 2.38. The molecule has 0 aromatic carbocycles. The number of aliphatic imine (C=N–C) groups is 1. The van der Waals surface area contributed by atoms with Crippen LogP contribution in [0.15, 0.2) is 17.1 Å². The molecule has 0 radical (unpaired) electrons. The molecule has 112 valence electrons. The number of aromatic nitrogens is 1. The van der Waals surface area contributed by atoms with Crippen molar-refractivity contribution in [2.45, 2.75) is 40.5 Å². The fourth-order valence-electron chi connectivity index (χ4n) is 1.69. The molecule has 0 unspecified atom stereocenters. The third-order valence-electron chi connectivity index (χ3n) is 2.85. The summed E-state index contributed by atoms with van der Waals surface area (Å²) in [6.07, 6.45) is 6.12. The van der Waals surface area contributed by atoms with Gasteiger partial charge in [0.15, 0.2) is 5.96 Å². The fraction of sp³-hybridized carbons (Fsp3) is 0.600. The molecule has 0 fully saturated rings. The summed E-state index contributed by atoms with van der Waals surface area (Å²) in [4.78, 5) is 10.4. The van der Waals surface area contributed by atoms with Crippen LogP contribution in [-0.2, 0) is 6.42 Å². The Bertz CT molecular complexity index is 429. The maximum atomic E-state index is 4.55. The van der Waals surface area contributed by atoms with E-state index >= 15 is 0 Å². The molecular weight excluding hydrogens is 268 g/mol. The number of thiazole rings is 1. The maximum Gasteiger partial charge on any atom is 0.191 e. The predicted octanol–water partition coefficient (Wildman–Crippen LogP) is 2.82. The summed E-state index contributed by atoms with van der Waals surface area (Å²) >= 11 is 1.78. The van der Waals surface area contributed by atoms with Crippen LogP contribution in [0.4, 0.5) is 0 Å². The maximum absolute atomic E-state index is 4.55. The Labute approximate surface area is 126 Å². The van der Waals surface area contributed by atoms with E-state index in [0.29, 0.717) is 0 Å². The monoisotopic (exact) mass is 294 g/mol. The molecule has 4 nitrogen and oxygen atoms in total. The van der Waals surface area contributed by atoms with Crippen molar-refractivity contribution in [2.24, 2.45) is 4.99 Å². The van der Waals surface area contributed by atoms with E-state index in [0.717, 1.165) is 44.1 Å². The van der Waals surface area contributed by atoms with Gasteiger partial charge in [0.1, 0.15) is 0 Å². The topological polar surface area (TPSA) is 49.3 Å². The van der Waals surface area contributed by atoms with Gasteiger partial charge in [-0.15, -0.1) is 11.3 Å². The van der Waals surface area contributed by atoms with Gasteiger partial charge < -0.3 is 10.6 Å². The third-order valence-corrected chi connectivity index (χ3v) is 3.98. The van der Waals surface area contributed by atoms with E-state index in [4.69, 9.17) is 0 Å². The Kier molecular flexibility index (Phi) is 7.95. The number of rotatable bonds is 7. The molecule has 0 saturated heterocycles. The largest absolute Gasteiger partial charge is 0.357 e. The van der Waals surface area contributed by atoms with Gasteiger partial charge in [0.05, 0.1) is 10.7 Å². The van der Waals surface area contributed by atoms with Crippen LogP contribution in [0.2, 0.25) is 0 Å². The predicted molar refractivity (Wildman–Crippen MR) is 88.7 cm³/mol. The van der Waals surface area contributed by atoms with Crippen LogP contribution in [0.25, 0.3) is 0 Å².